The van der Waals surface area contributed by atoms with Crippen LogP contribution in [0.5, 0.6) is 0 Å². The van der Waals surface area contributed by atoms with Crippen molar-refractivity contribution in [2.45, 2.75) is 26.2 Å². The molecule has 0 saturated carbocycles. The normalized spacial score (nSPS) is 10.9. The Bertz CT molecular complexity index is 1130. The molecule has 30 heavy (non-hydrogen) atoms. The van der Waals surface area contributed by atoms with Gasteiger partial charge in [-0.25, -0.2) is 9.37 Å². The highest BCUT2D eigenvalue weighted by Gasteiger charge is 2.10. The van der Waals surface area contributed by atoms with Crippen molar-refractivity contribution in [3.63, 3.8) is 0 Å². The van der Waals surface area contributed by atoms with E-state index in [1.165, 1.54) is 29.0 Å². The fourth-order valence-electron chi connectivity index (χ4n) is 3.05. The molecule has 6 heteroatoms. The summed E-state index contributed by atoms with van der Waals surface area (Å²) in [6, 6.07) is 18.4. The van der Waals surface area contributed by atoms with E-state index in [1.54, 1.807) is 18.3 Å². The first-order chi connectivity index (χ1) is 14.5. The first-order valence-electron chi connectivity index (χ1n) is 9.70. The molecule has 0 unspecified atom stereocenters. The predicted octanol–water partition coefficient (Wildman–Crippen LogP) is 6.01. The number of rotatable bonds is 7. The zero-order valence-corrected chi connectivity index (χ0v) is 17.3. The molecule has 2 aromatic carbocycles. The number of halogens is 1. The van der Waals surface area contributed by atoms with E-state index in [-0.39, 0.29) is 11.7 Å². The molecule has 0 atom stereocenters. The van der Waals surface area contributed by atoms with Gasteiger partial charge < -0.3 is 9.73 Å². The second-order valence-electron chi connectivity index (χ2n) is 7.12. The van der Waals surface area contributed by atoms with E-state index in [0.717, 1.165) is 27.5 Å². The molecular weight excluding hydrogens is 399 g/mol. The van der Waals surface area contributed by atoms with Crippen LogP contribution >= 0.6 is 11.3 Å². The van der Waals surface area contributed by atoms with Gasteiger partial charge in [0.25, 0.3) is 0 Å². The average molecular weight is 421 g/mol. The van der Waals surface area contributed by atoms with Gasteiger partial charge in [0.15, 0.2) is 5.13 Å². The highest BCUT2D eigenvalue weighted by molar-refractivity contribution is 7.15. The number of benzene rings is 2. The molecule has 0 saturated heterocycles. The summed E-state index contributed by atoms with van der Waals surface area (Å²) in [6.45, 7) is 2.05. The Morgan fingerprint density at radius 3 is 2.60 bits per heavy atom. The van der Waals surface area contributed by atoms with Crippen LogP contribution in [0.3, 0.4) is 0 Å². The van der Waals surface area contributed by atoms with Gasteiger partial charge in [0.2, 0.25) is 5.91 Å². The lowest BCUT2D eigenvalue weighted by Crippen LogP contribution is -2.11. The first-order valence-corrected chi connectivity index (χ1v) is 10.5. The molecular formula is C24H21FN2O2S. The number of hydrogen-bond acceptors (Lipinski definition) is 4. The summed E-state index contributed by atoms with van der Waals surface area (Å²) in [4.78, 5) is 17.5. The first kappa shape index (κ1) is 20.0. The summed E-state index contributed by atoms with van der Waals surface area (Å²) >= 11 is 1.42. The third-order valence-corrected chi connectivity index (χ3v) is 5.60. The highest BCUT2D eigenvalue weighted by Crippen LogP contribution is 2.24. The fraction of sp³-hybridized carbons (Fsp3) is 0.167. The molecule has 2 aromatic heterocycles. The molecule has 0 spiro atoms. The molecule has 0 radical (unpaired) electrons. The smallest absolute Gasteiger partial charge is 0.226 e. The molecule has 2 heterocycles. The maximum atomic E-state index is 13.0. The van der Waals surface area contributed by atoms with Crippen molar-refractivity contribution in [3.8, 4) is 11.3 Å². The van der Waals surface area contributed by atoms with Crippen molar-refractivity contribution in [1.82, 2.24) is 4.98 Å². The van der Waals surface area contributed by atoms with Gasteiger partial charge in [-0.3, -0.25) is 4.79 Å². The summed E-state index contributed by atoms with van der Waals surface area (Å²) in [7, 11) is 0. The number of hydrogen-bond donors (Lipinski definition) is 1. The van der Waals surface area contributed by atoms with Gasteiger partial charge in [0, 0.05) is 35.9 Å². The van der Waals surface area contributed by atoms with Crippen LogP contribution < -0.4 is 5.32 Å². The largest absolute Gasteiger partial charge is 0.461 e. The van der Waals surface area contributed by atoms with Crippen molar-refractivity contribution in [2.24, 2.45) is 0 Å². The van der Waals surface area contributed by atoms with Crippen LogP contribution in [0.4, 0.5) is 9.52 Å². The minimum atomic E-state index is -0.251. The van der Waals surface area contributed by atoms with E-state index in [4.69, 9.17) is 4.42 Å². The number of nitrogens with one attached hydrogen (secondary N) is 1. The number of nitrogens with zero attached hydrogens (tertiary/aromatic N) is 1. The molecule has 0 aliphatic heterocycles. The molecule has 0 aliphatic carbocycles. The van der Waals surface area contributed by atoms with Crippen molar-refractivity contribution in [3.05, 3.63) is 94.4 Å². The monoisotopic (exact) mass is 420 g/mol. The van der Waals surface area contributed by atoms with Crippen molar-refractivity contribution >= 4 is 22.4 Å². The Morgan fingerprint density at radius 1 is 1.07 bits per heavy atom. The second kappa shape index (κ2) is 9.05. The van der Waals surface area contributed by atoms with Gasteiger partial charge in [0.1, 0.15) is 17.3 Å². The standard InChI is InChI=1S/C24H21FN2O2S/c1-16-2-6-18(7-3-16)22-12-10-20(29-22)11-13-23(28)27-24-26-15-21(30-24)14-17-4-8-19(25)9-5-17/h2-10,12,15H,11,13-14H2,1H3,(H,26,27,28). The molecule has 152 valence electrons. The highest BCUT2D eigenvalue weighted by atomic mass is 32.1. The number of amides is 1. The molecule has 0 aliphatic rings. The Labute approximate surface area is 178 Å². The van der Waals surface area contributed by atoms with Crippen LogP contribution in [0.15, 0.2) is 71.3 Å². The Hall–Kier alpha value is -3.25. The minimum absolute atomic E-state index is 0.106. The van der Waals surface area contributed by atoms with E-state index in [2.05, 4.69) is 10.3 Å². The zero-order valence-electron chi connectivity index (χ0n) is 16.5. The van der Waals surface area contributed by atoms with Gasteiger partial charge >= 0.3 is 0 Å². The number of aromatic nitrogens is 1. The lowest BCUT2D eigenvalue weighted by molar-refractivity contribution is -0.116. The lowest BCUT2D eigenvalue weighted by Gasteiger charge is -2.01. The molecule has 4 nitrogen and oxygen atoms in total. The molecule has 0 bridgehead atoms. The Morgan fingerprint density at radius 2 is 1.83 bits per heavy atom. The second-order valence-corrected chi connectivity index (χ2v) is 8.23. The number of carbonyl (C=O) groups excluding carboxylic acids is 1. The Kier molecular flexibility index (Phi) is 6.05. The SMILES string of the molecule is Cc1ccc(-c2ccc(CCC(=O)Nc3ncc(Cc4ccc(F)cc4)s3)o2)cc1. The average Bonchev–Trinajstić information content (AvgIpc) is 3.38. The number of anilines is 1. The lowest BCUT2D eigenvalue weighted by atomic mass is 10.1. The maximum Gasteiger partial charge on any atom is 0.226 e. The van der Waals surface area contributed by atoms with Crippen LogP contribution in [-0.4, -0.2) is 10.9 Å². The van der Waals surface area contributed by atoms with E-state index in [9.17, 15) is 9.18 Å². The van der Waals surface area contributed by atoms with Crippen molar-refractivity contribution in [1.29, 1.82) is 0 Å². The quantitative estimate of drug-likeness (QED) is 0.398. The van der Waals surface area contributed by atoms with E-state index < -0.39 is 0 Å². The number of aryl methyl sites for hydroxylation is 2. The molecule has 0 fully saturated rings. The summed E-state index contributed by atoms with van der Waals surface area (Å²) in [5.41, 5.74) is 3.22. The van der Waals surface area contributed by atoms with E-state index >= 15 is 0 Å². The summed E-state index contributed by atoms with van der Waals surface area (Å²) in [5, 5.41) is 3.41. The van der Waals surface area contributed by atoms with Gasteiger partial charge in [-0.2, -0.15) is 0 Å². The Balaban J connectivity index is 1.28. The summed E-state index contributed by atoms with van der Waals surface area (Å²) < 4.78 is 18.9. The van der Waals surface area contributed by atoms with Crippen LogP contribution in [-0.2, 0) is 17.6 Å². The van der Waals surface area contributed by atoms with Crippen LogP contribution in [0.1, 0.15) is 28.2 Å². The summed E-state index contributed by atoms with van der Waals surface area (Å²) in [6.07, 6.45) is 3.23. The molecule has 1 N–H and O–H groups in total. The van der Waals surface area contributed by atoms with Crippen molar-refractivity contribution < 1.29 is 13.6 Å². The van der Waals surface area contributed by atoms with Crippen LogP contribution in [0, 0.1) is 12.7 Å². The van der Waals surface area contributed by atoms with E-state index in [1.807, 2.05) is 43.3 Å². The maximum absolute atomic E-state index is 13.0. The van der Waals surface area contributed by atoms with Gasteiger partial charge in [-0.15, -0.1) is 11.3 Å². The van der Waals surface area contributed by atoms with Crippen LogP contribution in [0.2, 0.25) is 0 Å². The number of carbonyl (C=O) groups is 1. The van der Waals surface area contributed by atoms with Gasteiger partial charge in [0.05, 0.1) is 0 Å². The van der Waals surface area contributed by atoms with Gasteiger partial charge in [-0.05, 0) is 36.8 Å². The van der Waals surface area contributed by atoms with E-state index in [0.29, 0.717) is 24.4 Å². The van der Waals surface area contributed by atoms with Crippen molar-refractivity contribution in [2.75, 3.05) is 5.32 Å². The predicted molar refractivity (Wildman–Crippen MR) is 117 cm³/mol. The fourth-order valence-corrected chi connectivity index (χ4v) is 3.92. The third-order valence-electron chi connectivity index (χ3n) is 4.69. The van der Waals surface area contributed by atoms with Crippen LogP contribution in [0.25, 0.3) is 11.3 Å². The molecule has 4 aromatic rings. The molecule has 1 amide bonds. The summed E-state index contributed by atoms with van der Waals surface area (Å²) in [5.74, 6) is 1.22. The topological polar surface area (TPSA) is 55.1 Å². The third kappa shape index (κ3) is 5.21. The minimum Gasteiger partial charge on any atom is -0.461 e. The number of thiazole rings is 1. The zero-order chi connectivity index (χ0) is 20.9. The number of furan rings is 1. The van der Waals surface area contributed by atoms with Gasteiger partial charge in [-0.1, -0.05) is 42.0 Å². The molecule has 4 rings (SSSR count).